The SMILES string of the molecule is CN(N)/N=C(\N)N(Cc1cc(C(F)(F)F)cc(C(F)(F)F)c1)Cc1cc2cc(F)c(F)cc2nc1N1CCCC1C1CCC(CC(N)=O)CC1. The van der Waals surface area contributed by atoms with E-state index in [0.717, 1.165) is 55.8 Å². The highest BCUT2D eigenvalue weighted by Gasteiger charge is 2.38. The van der Waals surface area contributed by atoms with E-state index in [9.17, 15) is 39.9 Å². The van der Waals surface area contributed by atoms with Gasteiger partial charge in [0.1, 0.15) is 5.82 Å². The first-order valence-electron chi connectivity index (χ1n) is 16.1. The van der Waals surface area contributed by atoms with Gasteiger partial charge in [0.05, 0.1) is 16.6 Å². The van der Waals surface area contributed by atoms with Gasteiger partial charge in [-0.2, -0.15) is 26.3 Å². The van der Waals surface area contributed by atoms with Crippen LogP contribution in [0.15, 0.2) is 41.5 Å². The second kappa shape index (κ2) is 14.4. The van der Waals surface area contributed by atoms with Gasteiger partial charge in [0.15, 0.2) is 11.6 Å². The summed E-state index contributed by atoms with van der Waals surface area (Å²) in [4.78, 5) is 19.6. The summed E-state index contributed by atoms with van der Waals surface area (Å²) in [6.07, 6.45) is -4.97. The number of halogens is 8. The standard InChI is InChI=1S/C33H38F8N8O/c1-47(44)46-31(43)48(16-19-9-23(32(36,37)38)14-24(10-19)33(39,40)41)17-22-12-21-13-25(34)26(35)15-27(21)45-30(22)49-8-2-3-28(49)20-6-4-18(5-7-20)11-29(42)50/h9-10,12-15,18,20,28H,2-8,11,16-17,44H2,1H3,(H2,42,50)(H2,43,46). The fraction of sp³-hybridized carbons (Fsp3) is 0.485. The highest BCUT2D eigenvalue weighted by Crippen LogP contribution is 2.41. The van der Waals surface area contributed by atoms with Gasteiger partial charge in [-0.3, -0.25) is 4.79 Å². The van der Waals surface area contributed by atoms with E-state index < -0.39 is 41.7 Å². The molecule has 0 bridgehead atoms. The second-order valence-corrected chi connectivity index (χ2v) is 13.1. The predicted molar refractivity (Wildman–Crippen MR) is 171 cm³/mol. The number of fused-ring (bicyclic) bond motifs is 1. The number of benzene rings is 2. The minimum absolute atomic E-state index is 0.00836. The number of carbonyl (C=O) groups is 1. The molecule has 2 heterocycles. The number of rotatable bonds is 9. The number of hydrogen-bond donors (Lipinski definition) is 3. The molecule has 2 aromatic carbocycles. The molecule has 1 aromatic heterocycles. The monoisotopic (exact) mass is 714 g/mol. The maximum absolute atomic E-state index is 14.4. The molecular formula is C33H38F8N8O. The number of nitrogens with two attached hydrogens (primary N) is 3. The van der Waals surface area contributed by atoms with Gasteiger partial charge in [-0.1, -0.05) is 0 Å². The third kappa shape index (κ3) is 8.65. The fourth-order valence-electron chi connectivity index (χ4n) is 7.15. The number of hydrazone groups is 1. The first kappa shape index (κ1) is 36.9. The van der Waals surface area contributed by atoms with Crippen molar-refractivity contribution in [3.63, 3.8) is 0 Å². The normalized spacial score (nSPS) is 20.4. The lowest BCUT2D eigenvalue weighted by Crippen LogP contribution is -2.41. The lowest BCUT2D eigenvalue weighted by atomic mass is 9.76. The number of alkyl halides is 6. The lowest BCUT2D eigenvalue weighted by Gasteiger charge is -2.38. The summed E-state index contributed by atoms with van der Waals surface area (Å²) in [6, 6.07) is 4.72. The first-order valence-corrected chi connectivity index (χ1v) is 16.1. The Balaban J connectivity index is 1.57. The summed E-state index contributed by atoms with van der Waals surface area (Å²) in [5.41, 5.74) is 8.86. The number of hydrazine groups is 1. The molecule has 1 saturated carbocycles. The number of nitrogens with zero attached hydrogens (tertiary/aromatic N) is 5. The Bertz CT molecular complexity index is 1710. The van der Waals surface area contributed by atoms with Crippen LogP contribution < -0.4 is 22.2 Å². The smallest absolute Gasteiger partial charge is 0.370 e. The lowest BCUT2D eigenvalue weighted by molar-refractivity contribution is -0.143. The van der Waals surface area contributed by atoms with E-state index in [1.807, 2.05) is 0 Å². The molecule has 1 aliphatic heterocycles. The van der Waals surface area contributed by atoms with Gasteiger partial charge in [-0.25, -0.2) is 24.7 Å². The summed E-state index contributed by atoms with van der Waals surface area (Å²) < 4.78 is 111. The van der Waals surface area contributed by atoms with Gasteiger partial charge in [0.25, 0.3) is 0 Å². The molecule has 5 rings (SSSR count). The van der Waals surface area contributed by atoms with E-state index in [4.69, 9.17) is 22.3 Å². The molecule has 0 radical (unpaired) electrons. The van der Waals surface area contributed by atoms with E-state index in [1.165, 1.54) is 11.9 Å². The zero-order valence-electron chi connectivity index (χ0n) is 27.2. The number of aromatic nitrogens is 1. The van der Waals surface area contributed by atoms with Gasteiger partial charge in [-0.15, -0.1) is 5.10 Å². The number of hydrogen-bond acceptors (Lipinski definition) is 6. The van der Waals surface area contributed by atoms with Crippen LogP contribution in [-0.4, -0.2) is 46.5 Å². The van der Waals surface area contributed by atoms with Crippen LogP contribution in [-0.2, 0) is 30.2 Å². The Morgan fingerprint density at radius 3 is 2.10 bits per heavy atom. The number of carbonyl (C=O) groups excluding carboxylic acids is 1. The molecular weight excluding hydrogens is 676 g/mol. The summed E-state index contributed by atoms with van der Waals surface area (Å²) in [5.74, 6) is 3.56. The summed E-state index contributed by atoms with van der Waals surface area (Å²) >= 11 is 0. The summed E-state index contributed by atoms with van der Waals surface area (Å²) in [6.45, 7) is -0.246. The minimum atomic E-state index is -5.07. The highest BCUT2D eigenvalue weighted by atomic mass is 19.4. The maximum Gasteiger partial charge on any atom is 0.416 e. The van der Waals surface area contributed by atoms with Crippen molar-refractivity contribution in [3.05, 3.63) is 70.3 Å². The molecule has 2 fully saturated rings. The van der Waals surface area contributed by atoms with Gasteiger partial charge in [0, 0.05) is 56.2 Å². The topological polar surface area (TPSA) is 130 Å². The Kier molecular flexibility index (Phi) is 10.6. The van der Waals surface area contributed by atoms with Gasteiger partial charge in [-0.05, 0) is 86.3 Å². The molecule has 1 unspecified atom stereocenters. The quantitative estimate of drug-likeness (QED) is 0.0787. The highest BCUT2D eigenvalue weighted by molar-refractivity contribution is 5.83. The third-order valence-corrected chi connectivity index (χ3v) is 9.38. The minimum Gasteiger partial charge on any atom is -0.370 e. The van der Waals surface area contributed by atoms with Crippen LogP contribution in [0.1, 0.15) is 67.2 Å². The van der Waals surface area contributed by atoms with Crippen LogP contribution in [0.5, 0.6) is 0 Å². The summed E-state index contributed by atoms with van der Waals surface area (Å²) in [5, 5.41) is 5.00. The molecule has 272 valence electrons. The van der Waals surface area contributed by atoms with E-state index in [0.29, 0.717) is 36.5 Å². The molecule has 1 saturated heterocycles. The van der Waals surface area contributed by atoms with Crippen LogP contribution in [0.2, 0.25) is 0 Å². The molecule has 1 atom stereocenters. The number of amides is 1. The number of guanidine groups is 1. The zero-order chi connectivity index (χ0) is 36.5. The first-order chi connectivity index (χ1) is 23.4. The van der Waals surface area contributed by atoms with Crippen molar-refractivity contribution in [2.45, 2.75) is 76.4 Å². The Morgan fingerprint density at radius 1 is 0.900 bits per heavy atom. The van der Waals surface area contributed by atoms with Crippen LogP contribution in [0.25, 0.3) is 10.9 Å². The molecule has 50 heavy (non-hydrogen) atoms. The number of anilines is 1. The van der Waals surface area contributed by atoms with Gasteiger partial charge >= 0.3 is 12.4 Å². The van der Waals surface area contributed by atoms with E-state index in [-0.39, 0.29) is 58.8 Å². The van der Waals surface area contributed by atoms with E-state index >= 15 is 0 Å². The molecule has 9 nitrogen and oxygen atoms in total. The Labute approximate surface area is 283 Å². The van der Waals surface area contributed by atoms with Crippen molar-refractivity contribution in [1.29, 1.82) is 0 Å². The summed E-state index contributed by atoms with van der Waals surface area (Å²) in [7, 11) is 1.32. The van der Waals surface area contributed by atoms with Gasteiger partial charge in [0.2, 0.25) is 11.9 Å². The molecule has 6 N–H and O–H groups in total. The Hall–Kier alpha value is -4.41. The fourth-order valence-corrected chi connectivity index (χ4v) is 7.15. The van der Waals surface area contributed by atoms with Crippen molar-refractivity contribution < 1.29 is 39.9 Å². The van der Waals surface area contributed by atoms with Crippen molar-refractivity contribution in [2.75, 3.05) is 18.5 Å². The van der Waals surface area contributed by atoms with E-state index in [2.05, 4.69) is 10.0 Å². The predicted octanol–water partition coefficient (Wildman–Crippen LogP) is 6.24. The Morgan fingerprint density at radius 2 is 1.52 bits per heavy atom. The van der Waals surface area contributed by atoms with Crippen LogP contribution in [0.3, 0.4) is 0 Å². The van der Waals surface area contributed by atoms with Crippen LogP contribution >= 0.6 is 0 Å². The number of pyridine rings is 1. The molecule has 0 spiro atoms. The second-order valence-electron chi connectivity index (χ2n) is 13.1. The van der Waals surface area contributed by atoms with Crippen molar-refractivity contribution >= 4 is 28.6 Å². The van der Waals surface area contributed by atoms with Crippen molar-refractivity contribution in [2.24, 2.45) is 34.2 Å². The number of primary amides is 1. The molecule has 17 heteroatoms. The van der Waals surface area contributed by atoms with Gasteiger partial charge < -0.3 is 21.3 Å². The third-order valence-electron chi connectivity index (χ3n) is 9.38. The average Bonchev–Trinajstić information content (AvgIpc) is 3.50. The van der Waals surface area contributed by atoms with Crippen LogP contribution in [0.4, 0.5) is 40.9 Å². The van der Waals surface area contributed by atoms with Crippen molar-refractivity contribution in [3.8, 4) is 0 Å². The zero-order valence-corrected chi connectivity index (χ0v) is 27.2. The van der Waals surface area contributed by atoms with Crippen molar-refractivity contribution in [1.82, 2.24) is 15.0 Å². The largest absolute Gasteiger partial charge is 0.416 e. The molecule has 1 amide bonds. The molecule has 1 aliphatic carbocycles. The van der Waals surface area contributed by atoms with Crippen LogP contribution in [0, 0.1) is 23.5 Å². The average molecular weight is 715 g/mol. The maximum atomic E-state index is 14.4. The van der Waals surface area contributed by atoms with E-state index in [1.54, 1.807) is 6.07 Å². The molecule has 2 aliphatic rings. The molecule has 3 aromatic rings.